The number of hydrogen-bond acceptors (Lipinski definition) is 4. The standard InChI is InChI=1S/C14H25N3S/c1-5-7-9-17(10-8-6-2)13-11-12(3)15-14(16-13)18-4/h11H,5-10H2,1-4H3. The fourth-order valence-corrected chi connectivity index (χ4v) is 2.24. The predicted octanol–water partition coefficient (Wildman–Crippen LogP) is 3.91. The smallest absolute Gasteiger partial charge is 0.189 e. The van der Waals surface area contributed by atoms with Gasteiger partial charge in [-0.2, -0.15) is 0 Å². The van der Waals surface area contributed by atoms with E-state index in [0.717, 1.165) is 29.8 Å². The Morgan fingerprint density at radius 3 is 2.22 bits per heavy atom. The molecule has 0 bridgehead atoms. The van der Waals surface area contributed by atoms with Gasteiger partial charge in [0, 0.05) is 24.8 Å². The molecule has 0 aliphatic rings. The highest BCUT2D eigenvalue weighted by Gasteiger charge is 2.09. The van der Waals surface area contributed by atoms with Crippen molar-refractivity contribution < 1.29 is 0 Å². The van der Waals surface area contributed by atoms with Crippen LogP contribution in [-0.4, -0.2) is 29.3 Å². The molecule has 0 amide bonds. The summed E-state index contributed by atoms with van der Waals surface area (Å²) in [5.74, 6) is 1.09. The number of rotatable bonds is 8. The summed E-state index contributed by atoms with van der Waals surface area (Å²) in [6, 6.07) is 2.10. The van der Waals surface area contributed by atoms with E-state index >= 15 is 0 Å². The van der Waals surface area contributed by atoms with Gasteiger partial charge >= 0.3 is 0 Å². The second kappa shape index (κ2) is 8.35. The molecule has 1 heterocycles. The van der Waals surface area contributed by atoms with Crippen LogP contribution in [0.4, 0.5) is 5.82 Å². The van der Waals surface area contributed by atoms with E-state index in [1.54, 1.807) is 11.8 Å². The van der Waals surface area contributed by atoms with Crippen molar-refractivity contribution in [3.05, 3.63) is 11.8 Å². The SMILES string of the molecule is CCCCN(CCCC)c1cc(C)nc(SC)n1. The lowest BCUT2D eigenvalue weighted by atomic mass is 10.2. The summed E-state index contributed by atoms with van der Waals surface area (Å²) in [5, 5.41) is 0.878. The molecule has 0 aromatic carbocycles. The second-order valence-electron chi connectivity index (χ2n) is 4.55. The number of anilines is 1. The number of thioether (sulfide) groups is 1. The molecule has 1 aromatic rings. The first kappa shape index (κ1) is 15.3. The molecule has 3 nitrogen and oxygen atoms in total. The van der Waals surface area contributed by atoms with Crippen LogP contribution in [0, 0.1) is 6.92 Å². The zero-order valence-electron chi connectivity index (χ0n) is 12.1. The molecule has 0 radical (unpaired) electrons. The highest BCUT2D eigenvalue weighted by Crippen LogP contribution is 2.18. The Morgan fingerprint density at radius 1 is 1.11 bits per heavy atom. The Morgan fingerprint density at radius 2 is 1.72 bits per heavy atom. The van der Waals surface area contributed by atoms with E-state index in [9.17, 15) is 0 Å². The quantitative estimate of drug-likeness (QED) is 0.527. The van der Waals surface area contributed by atoms with Crippen LogP contribution in [0.2, 0.25) is 0 Å². The van der Waals surface area contributed by atoms with Crippen LogP contribution < -0.4 is 4.90 Å². The molecule has 0 N–H and O–H groups in total. The average molecular weight is 267 g/mol. The minimum atomic E-state index is 0.878. The van der Waals surface area contributed by atoms with Gasteiger partial charge in [0.1, 0.15) is 5.82 Å². The molecule has 0 aliphatic heterocycles. The lowest BCUT2D eigenvalue weighted by molar-refractivity contribution is 0.665. The summed E-state index contributed by atoms with van der Waals surface area (Å²) < 4.78 is 0. The van der Waals surface area contributed by atoms with E-state index in [2.05, 4.69) is 34.8 Å². The molecule has 102 valence electrons. The Balaban J connectivity index is 2.84. The van der Waals surface area contributed by atoms with Crippen LogP contribution in [0.5, 0.6) is 0 Å². The van der Waals surface area contributed by atoms with E-state index in [0.29, 0.717) is 0 Å². The third kappa shape index (κ3) is 4.84. The minimum Gasteiger partial charge on any atom is -0.356 e. The zero-order chi connectivity index (χ0) is 13.4. The van der Waals surface area contributed by atoms with Gasteiger partial charge in [-0.3, -0.25) is 0 Å². The van der Waals surface area contributed by atoms with E-state index in [1.165, 1.54) is 25.7 Å². The summed E-state index contributed by atoms with van der Waals surface area (Å²) in [6.45, 7) is 8.71. The van der Waals surface area contributed by atoms with Crippen molar-refractivity contribution in [3.63, 3.8) is 0 Å². The van der Waals surface area contributed by atoms with Crippen LogP contribution in [0.1, 0.15) is 45.2 Å². The summed E-state index contributed by atoms with van der Waals surface area (Å²) in [7, 11) is 0. The van der Waals surface area contributed by atoms with Gasteiger partial charge in [0.2, 0.25) is 0 Å². The van der Waals surface area contributed by atoms with Crippen LogP contribution >= 0.6 is 11.8 Å². The average Bonchev–Trinajstić information content (AvgIpc) is 2.38. The minimum absolute atomic E-state index is 0.878. The molecule has 4 heteroatoms. The summed E-state index contributed by atoms with van der Waals surface area (Å²) in [4.78, 5) is 11.5. The highest BCUT2D eigenvalue weighted by molar-refractivity contribution is 7.98. The Hall–Kier alpha value is -0.770. The molecule has 0 fully saturated rings. The Kier molecular flexibility index (Phi) is 7.09. The topological polar surface area (TPSA) is 29.0 Å². The molecule has 0 saturated heterocycles. The maximum absolute atomic E-state index is 4.64. The lowest BCUT2D eigenvalue weighted by Crippen LogP contribution is -2.27. The number of aryl methyl sites for hydroxylation is 1. The number of hydrogen-bond donors (Lipinski definition) is 0. The highest BCUT2D eigenvalue weighted by atomic mass is 32.2. The van der Waals surface area contributed by atoms with Crippen molar-refractivity contribution >= 4 is 17.6 Å². The van der Waals surface area contributed by atoms with E-state index in [4.69, 9.17) is 0 Å². The molecule has 0 aliphatic carbocycles. The predicted molar refractivity (Wildman–Crippen MR) is 80.6 cm³/mol. The van der Waals surface area contributed by atoms with Gasteiger partial charge in [-0.15, -0.1) is 0 Å². The summed E-state index contributed by atoms with van der Waals surface area (Å²) in [5.41, 5.74) is 1.06. The van der Waals surface area contributed by atoms with Crippen molar-refractivity contribution in [2.24, 2.45) is 0 Å². The van der Waals surface area contributed by atoms with Crippen LogP contribution in [-0.2, 0) is 0 Å². The third-order valence-electron chi connectivity index (χ3n) is 2.89. The van der Waals surface area contributed by atoms with Crippen molar-refractivity contribution in [3.8, 4) is 0 Å². The molecule has 0 atom stereocenters. The van der Waals surface area contributed by atoms with Crippen molar-refractivity contribution in [2.75, 3.05) is 24.2 Å². The largest absolute Gasteiger partial charge is 0.356 e. The van der Waals surface area contributed by atoms with Crippen molar-refractivity contribution in [1.82, 2.24) is 9.97 Å². The Bertz CT molecular complexity index is 347. The van der Waals surface area contributed by atoms with Gasteiger partial charge in [0.05, 0.1) is 0 Å². The molecule has 18 heavy (non-hydrogen) atoms. The van der Waals surface area contributed by atoms with Gasteiger partial charge in [-0.25, -0.2) is 9.97 Å². The molecule has 1 rings (SSSR count). The molecule has 0 saturated carbocycles. The van der Waals surface area contributed by atoms with E-state index < -0.39 is 0 Å². The summed E-state index contributed by atoms with van der Waals surface area (Å²) >= 11 is 1.61. The van der Waals surface area contributed by atoms with E-state index in [-0.39, 0.29) is 0 Å². The molecular formula is C14H25N3S. The van der Waals surface area contributed by atoms with Gasteiger partial charge < -0.3 is 4.90 Å². The third-order valence-corrected chi connectivity index (χ3v) is 3.44. The monoisotopic (exact) mass is 267 g/mol. The van der Waals surface area contributed by atoms with Crippen molar-refractivity contribution in [1.29, 1.82) is 0 Å². The molecule has 0 unspecified atom stereocenters. The fraction of sp³-hybridized carbons (Fsp3) is 0.714. The second-order valence-corrected chi connectivity index (χ2v) is 5.32. The number of nitrogens with zero attached hydrogens (tertiary/aromatic N) is 3. The maximum atomic E-state index is 4.64. The Labute approximate surface area is 115 Å². The summed E-state index contributed by atoms with van der Waals surface area (Å²) in [6.07, 6.45) is 6.92. The molecule has 0 spiro atoms. The van der Waals surface area contributed by atoms with Gasteiger partial charge in [0.25, 0.3) is 0 Å². The lowest BCUT2D eigenvalue weighted by Gasteiger charge is -2.24. The number of unbranched alkanes of at least 4 members (excludes halogenated alkanes) is 2. The van der Waals surface area contributed by atoms with E-state index in [1.807, 2.05) is 13.2 Å². The zero-order valence-corrected chi connectivity index (χ0v) is 12.9. The molecular weight excluding hydrogens is 242 g/mol. The number of aromatic nitrogens is 2. The normalized spacial score (nSPS) is 10.7. The first-order chi connectivity index (χ1) is 8.71. The van der Waals surface area contributed by atoms with Crippen LogP contribution in [0.25, 0.3) is 0 Å². The first-order valence-electron chi connectivity index (χ1n) is 6.85. The van der Waals surface area contributed by atoms with Gasteiger partial charge in [-0.05, 0) is 26.0 Å². The van der Waals surface area contributed by atoms with Gasteiger partial charge in [-0.1, -0.05) is 38.5 Å². The van der Waals surface area contributed by atoms with Crippen LogP contribution in [0.15, 0.2) is 11.2 Å². The fourth-order valence-electron chi connectivity index (χ4n) is 1.82. The van der Waals surface area contributed by atoms with Crippen LogP contribution in [0.3, 0.4) is 0 Å². The molecule has 1 aromatic heterocycles. The first-order valence-corrected chi connectivity index (χ1v) is 8.08. The van der Waals surface area contributed by atoms with Gasteiger partial charge in [0.15, 0.2) is 5.16 Å². The maximum Gasteiger partial charge on any atom is 0.189 e. The van der Waals surface area contributed by atoms with Crippen molar-refractivity contribution in [2.45, 2.75) is 51.6 Å².